The molecular weight excluding hydrogens is 358 g/mol. The van der Waals surface area contributed by atoms with Gasteiger partial charge in [0.2, 0.25) is 5.16 Å². The molecule has 0 radical (unpaired) electrons. The second-order valence-corrected chi connectivity index (χ2v) is 8.32. The summed E-state index contributed by atoms with van der Waals surface area (Å²) < 4.78 is 7.38. The van der Waals surface area contributed by atoms with E-state index >= 15 is 0 Å². The van der Waals surface area contributed by atoms with Gasteiger partial charge < -0.3 is 4.74 Å². The highest BCUT2D eigenvalue weighted by atomic mass is 32.2. The maximum atomic E-state index is 11.9. The summed E-state index contributed by atoms with van der Waals surface area (Å²) in [5, 5.41) is 5.35. The van der Waals surface area contributed by atoms with Crippen molar-refractivity contribution in [1.82, 2.24) is 14.8 Å². The largest absolute Gasteiger partial charge is 0.465 e. The highest BCUT2D eigenvalue weighted by Gasteiger charge is 2.27. The van der Waals surface area contributed by atoms with E-state index in [1.807, 2.05) is 10.7 Å². The van der Waals surface area contributed by atoms with E-state index in [0.717, 1.165) is 30.4 Å². The highest BCUT2D eigenvalue weighted by Crippen LogP contribution is 2.33. The SMILES string of the molecule is CCCCC(C)COC(=O)CCSc1nc2n(n1)CCC2c1ccccc1. The van der Waals surface area contributed by atoms with Crippen molar-refractivity contribution in [3.63, 3.8) is 0 Å². The van der Waals surface area contributed by atoms with Crippen molar-refractivity contribution in [3.8, 4) is 0 Å². The first-order valence-corrected chi connectivity index (χ1v) is 10.9. The van der Waals surface area contributed by atoms with Crippen LogP contribution in [-0.4, -0.2) is 33.1 Å². The van der Waals surface area contributed by atoms with Crippen molar-refractivity contribution in [3.05, 3.63) is 41.7 Å². The van der Waals surface area contributed by atoms with Crippen LogP contribution in [0.5, 0.6) is 0 Å². The van der Waals surface area contributed by atoms with Gasteiger partial charge in [-0.3, -0.25) is 4.79 Å². The normalized spacial score (nSPS) is 16.9. The molecule has 2 heterocycles. The predicted octanol–water partition coefficient (Wildman–Crippen LogP) is 4.67. The third-order valence-corrected chi connectivity index (χ3v) is 5.78. The van der Waals surface area contributed by atoms with Crippen LogP contribution in [0.3, 0.4) is 0 Å². The zero-order chi connectivity index (χ0) is 19.1. The Hall–Kier alpha value is -1.82. The molecule has 5 nitrogen and oxygen atoms in total. The van der Waals surface area contributed by atoms with Crippen LogP contribution in [0.1, 0.15) is 63.3 Å². The maximum absolute atomic E-state index is 11.9. The third-order valence-electron chi connectivity index (χ3n) is 4.94. The molecule has 1 aromatic heterocycles. The molecule has 0 saturated heterocycles. The van der Waals surface area contributed by atoms with Crippen LogP contribution in [0.2, 0.25) is 0 Å². The molecule has 0 fully saturated rings. The molecule has 3 rings (SSSR count). The number of thioether (sulfide) groups is 1. The van der Waals surface area contributed by atoms with Gasteiger partial charge in [0, 0.05) is 18.2 Å². The number of hydrogen-bond donors (Lipinski definition) is 0. The van der Waals surface area contributed by atoms with Gasteiger partial charge in [0.05, 0.1) is 13.0 Å². The number of aromatic nitrogens is 3. The second kappa shape index (κ2) is 9.93. The molecule has 146 valence electrons. The highest BCUT2D eigenvalue weighted by molar-refractivity contribution is 7.99. The number of rotatable bonds is 10. The Bertz CT molecular complexity index is 732. The topological polar surface area (TPSA) is 57.0 Å². The van der Waals surface area contributed by atoms with Crippen LogP contribution in [0.25, 0.3) is 0 Å². The number of carbonyl (C=O) groups excluding carboxylic acids is 1. The van der Waals surface area contributed by atoms with Gasteiger partial charge in [-0.15, -0.1) is 5.10 Å². The summed E-state index contributed by atoms with van der Waals surface area (Å²) >= 11 is 1.53. The molecule has 0 saturated carbocycles. The van der Waals surface area contributed by atoms with Crippen LogP contribution >= 0.6 is 11.8 Å². The number of ether oxygens (including phenoxy) is 1. The predicted molar refractivity (Wildman–Crippen MR) is 108 cm³/mol. The van der Waals surface area contributed by atoms with Gasteiger partial charge in [-0.25, -0.2) is 9.67 Å². The minimum Gasteiger partial charge on any atom is -0.465 e. The minimum atomic E-state index is -0.125. The van der Waals surface area contributed by atoms with Crippen molar-refractivity contribution in [2.24, 2.45) is 5.92 Å². The lowest BCUT2D eigenvalue weighted by molar-refractivity contribution is -0.144. The Kier molecular flexibility index (Phi) is 7.33. The lowest BCUT2D eigenvalue weighted by Gasteiger charge is -2.11. The monoisotopic (exact) mass is 387 g/mol. The van der Waals surface area contributed by atoms with E-state index in [2.05, 4.69) is 43.2 Å². The zero-order valence-electron chi connectivity index (χ0n) is 16.3. The fourth-order valence-electron chi connectivity index (χ4n) is 3.37. The molecule has 1 aromatic carbocycles. The molecule has 0 spiro atoms. The molecule has 0 bridgehead atoms. The first-order chi connectivity index (χ1) is 13.2. The van der Waals surface area contributed by atoms with Gasteiger partial charge >= 0.3 is 5.97 Å². The number of fused-ring (bicyclic) bond motifs is 1. The molecule has 2 unspecified atom stereocenters. The maximum Gasteiger partial charge on any atom is 0.306 e. The summed E-state index contributed by atoms with van der Waals surface area (Å²) in [6.07, 6.45) is 4.94. The molecular formula is C21H29N3O2S. The van der Waals surface area contributed by atoms with Crippen LogP contribution in [-0.2, 0) is 16.1 Å². The van der Waals surface area contributed by atoms with E-state index in [1.165, 1.54) is 30.2 Å². The second-order valence-electron chi connectivity index (χ2n) is 7.26. The van der Waals surface area contributed by atoms with Crippen molar-refractivity contribution >= 4 is 17.7 Å². The summed E-state index contributed by atoms with van der Waals surface area (Å²) in [5.41, 5.74) is 1.29. The zero-order valence-corrected chi connectivity index (χ0v) is 17.1. The van der Waals surface area contributed by atoms with E-state index in [0.29, 0.717) is 30.6 Å². The van der Waals surface area contributed by atoms with Gasteiger partial charge in [-0.2, -0.15) is 0 Å². The standard InChI is InChI=1S/C21H29N3O2S/c1-3-4-8-16(2)15-26-19(25)12-14-27-21-22-20-18(11-13-24(20)23-21)17-9-6-5-7-10-17/h5-7,9-10,16,18H,3-4,8,11-15H2,1-2H3. The number of esters is 1. The Balaban J connectivity index is 1.43. The number of aryl methyl sites for hydroxylation is 1. The molecule has 6 heteroatoms. The molecule has 27 heavy (non-hydrogen) atoms. The van der Waals surface area contributed by atoms with Crippen LogP contribution < -0.4 is 0 Å². The summed E-state index contributed by atoms with van der Waals surface area (Å²) in [6.45, 7) is 5.74. The lowest BCUT2D eigenvalue weighted by Crippen LogP contribution is -2.12. The van der Waals surface area contributed by atoms with Crippen LogP contribution in [0.15, 0.2) is 35.5 Å². The molecule has 0 aliphatic carbocycles. The number of unbranched alkanes of at least 4 members (excludes halogenated alkanes) is 1. The van der Waals surface area contributed by atoms with E-state index in [1.54, 1.807) is 0 Å². The van der Waals surface area contributed by atoms with Gasteiger partial charge in [0.25, 0.3) is 0 Å². The number of hydrogen-bond acceptors (Lipinski definition) is 5. The van der Waals surface area contributed by atoms with Crippen molar-refractivity contribution in [2.45, 2.75) is 63.6 Å². The van der Waals surface area contributed by atoms with Crippen molar-refractivity contribution in [2.75, 3.05) is 12.4 Å². The fourth-order valence-corrected chi connectivity index (χ4v) is 4.13. The van der Waals surface area contributed by atoms with E-state index in [-0.39, 0.29) is 5.97 Å². The van der Waals surface area contributed by atoms with E-state index < -0.39 is 0 Å². The third kappa shape index (κ3) is 5.58. The number of nitrogens with zero attached hydrogens (tertiary/aromatic N) is 3. The van der Waals surface area contributed by atoms with Crippen LogP contribution in [0, 0.1) is 5.92 Å². The van der Waals surface area contributed by atoms with Gasteiger partial charge in [-0.1, -0.05) is 68.8 Å². The smallest absolute Gasteiger partial charge is 0.306 e. The van der Waals surface area contributed by atoms with Gasteiger partial charge in [-0.05, 0) is 24.3 Å². The molecule has 0 N–H and O–H groups in total. The molecule has 2 aromatic rings. The van der Waals surface area contributed by atoms with Crippen molar-refractivity contribution in [1.29, 1.82) is 0 Å². The quantitative estimate of drug-likeness (QED) is 0.438. The molecule has 2 atom stereocenters. The van der Waals surface area contributed by atoms with E-state index in [9.17, 15) is 4.79 Å². The summed E-state index contributed by atoms with van der Waals surface area (Å²) in [7, 11) is 0. The van der Waals surface area contributed by atoms with Gasteiger partial charge in [0.15, 0.2) is 0 Å². The summed E-state index contributed by atoms with van der Waals surface area (Å²) in [6, 6.07) is 10.5. The first-order valence-electron chi connectivity index (χ1n) is 9.95. The fraction of sp³-hybridized carbons (Fsp3) is 0.571. The summed E-state index contributed by atoms with van der Waals surface area (Å²) in [4.78, 5) is 16.6. The Morgan fingerprint density at radius 1 is 1.37 bits per heavy atom. The average molecular weight is 388 g/mol. The average Bonchev–Trinajstić information content (AvgIpc) is 3.25. The number of benzene rings is 1. The minimum absolute atomic E-state index is 0.125. The Morgan fingerprint density at radius 2 is 2.19 bits per heavy atom. The Morgan fingerprint density at radius 3 is 2.96 bits per heavy atom. The van der Waals surface area contributed by atoms with Gasteiger partial charge in [0.1, 0.15) is 5.82 Å². The first kappa shape index (κ1) is 19.9. The molecule has 0 amide bonds. The molecule has 1 aliphatic heterocycles. The lowest BCUT2D eigenvalue weighted by atomic mass is 9.97. The van der Waals surface area contributed by atoms with E-state index in [4.69, 9.17) is 9.72 Å². The molecule has 1 aliphatic rings. The van der Waals surface area contributed by atoms with Crippen molar-refractivity contribution < 1.29 is 9.53 Å². The Labute approximate surface area is 165 Å². The summed E-state index contributed by atoms with van der Waals surface area (Å²) in [5.74, 6) is 2.33. The number of carbonyl (C=O) groups is 1. The van der Waals surface area contributed by atoms with Crippen LogP contribution in [0.4, 0.5) is 0 Å².